The molecule has 0 amide bonds. The van der Waals surface area contributed by atoms with Crippen molar-refractivity contribution in [3.8, 4) is 0 Å². The minimum atomic E-state index is -2.39. The van der Waals surface area contributed by atoms with Gasteiger partial charge < -0.3 is 9.66 Å². The Labute approximate surface area is 83.6 Å². The van der Waals surface area contributed by atoms with Crippen LogP contribution in [-0.4, -0.2) is 55.5 Å². The molecule has 2 unspecified atom stereocenters. The molecule has 2 atom stereocenters. The zero-order chi connectivity index (χ0) is 7.28. The van der Waals surface area contributed by atoms with Gasteiger partial charge in [-0.05, 0) is 12.8 Å². The fourth-order valence-corrected chi connectivity index (χ4v) is 0.721. The van der Waals surface area contributed by atoms with E-state index in [-0.39, 0.29) is 49.0 Å². The maximum absolute atomic E-state index is 12.1. The Bertz CT molecular complexity index is 103. The van der Waals surface area contributed by atoms with E-state index in [4.69, 9.17) is 9.66 Å². The molecule has 0 saturated heterocycles. The Hall–Kier alpha value is 1.00. The van der Waals surface area contributed by atoms with E-state index in [1.54, 1.807) is 0 Å². The molecule has 0 fully saturated rings. The molecule has 6 heteroatoms. The van der Waals surface area contributed by atoms with E-state index in [0.717, 1.165) is 0 Å². The zero-order valence-electron chi connectivity index (χ0n) is 4.79. The number of aliphatic hydroxyl groups excluding tert-OH is 1. The van der Waals surface area contributed by atoms with Gasteiger partial charge in [-0.3, -0.25) is 0 Å². The third-order valence-electron chi connectivity index (χ3n) is 0.808. The number of hydrogen-bond donors (Lipinski definition) is 2. The van der Waals surface area contributed by atoms with Gasteiger partial charge in [0.15, 0.2) is 16.6 Å². The van der Waals surface area contributed by atoms with Crippen LogP contribution in [-0.2, 0) is 11.1 Å². The molecule has 0 aliphatic heterocycles. The van der Waals surface area contributed by atoms with Crippen molar-refractivity contribution in [2.75, 3.05) is 6.61 Å². The standard InChI is InChI=1S/C4H9FO3S.Na.H/c5-4(9(7)8)2-1-3-6;;/h4,6H,1-3H2,(H,7,8);;. The molecule has 2 N–H and O–H groups in total. The van der Waals surface area contributed by atoms with Crippen LogP contribution in [0.2, 0.25) is 0 Å². The average Bonchev–Trinajstić information content (AvgIpc) is 1.82. The molecule has 0 aromatic heterocycles. The average molecular weight is 180 g/mol. The fraction of sp³-hybridized carbons (Fsp3) is 1.00. The van der Waals surface area contributed by atoms with E-state index in [9.17, 15) is 8.60 Å². The first-order valence-corrected chi connectivity index (χ1v) is 3.70. The molecule has 0 aliphatic carbocycles. The number of hydrogen-bond acceptors (Lipinski definition) is 2. The third kappa shape index (κ3) is 7.11. The fourth-order valence-electron chi connectivity index (χ4n) is 0.353. The van der Waals surface area contributed by atoms with Crippen molar-refractivity contribution < 1.29 is 18.3 Å². The Morgan fingerprint density at radius 2 is 2.10 bits per heavy atom. The van der Waals surface area contributed by atoms with Gasteiger partial charge in [0.2, 0.25) is 0 Å². The van der Waals surface area contributed by atoms with Crippen LogP contribution in [0.25, 0.3) is 0 Å². The molecular formula is C4H10FNaO3S. The number of halogens is 1. The Morgan fingerprint density at radius 1 is 1.60 bits per heavy atom. The number of aliphatic hydroxyl groups is 1. The van der Waals surface area contributed by atoms with Gasteiger partial charge in [0.25, 0.3) is 0 Å². The predicted octanol–water partition coefficient (Wildman–Crippen LogP) is -0.372. The van der Waals surface area contributed by atoms with E-state index in [2.05, 4.69) is 0 Å². The molecule has 0 rings (SSSR count). The molecule has 0 aromatic carbocycles. The Kier molecular flexibility index (Phi) is 11.0. The first-order valence-electron chi connectivity index (χ1n) is 2.53. The monoisotopic (exact) mass is 180 g/mol. The quantitative estimate of drug-likeness (QED) is 0.458. The summed E-state index contributed by atoms with van der Waals surface area (Å²) in [7, 11) is 0. The molecule has 0 spiro atoms. The summed E-state index contributed by atoms with van der Waals surface area (Å²) in [4.78, 5) is 0. The first kappa shape index (κ1) is 13.6. The summed E-state index contributed by atoms with van der Waals surface area (Å²) in [5, 5.41) is 8.15. The molecule has 0 heterocycles. The van der Waals surface area contributed by atoms with Crippen LogP contribution >= 0.6 is 0 Å². The van der Waals surface area contributed by atoms with Crippen molar-refractivity contribution in [3.05, 3.63) is 0 Å². The molecule has 0 radical (unpaired) electrons. The van der Waals surface area contributed by atoms with Crippen molar-refractivity contribution >= 4 is 40.6 Å². The van der Waals surface area contributed by atoms with Crippen LogP contribution in [0.5, 0.6) is 0 Å². The molecule has 3 nitrogen and oxygen atoms in total. The molecule has 0 aromatic rings. The summed E-state index contributed by atoms with van der Waals surface area (Å²) in [5.41, 5.74) is -1.71. The van der Waals surface area contributed by atoms with E-state index in [1.807, 2.05) is 0 Å². The first-order chi connectivity index (χ1) is 4.18. The minimum absolute atomic E-state index is 0. The summed E-state index contributed by atoms with van der Waals surface area (Å²) < 4.78 is 30.0. The second kappa shape index (κ2) is 8.10. The molecule has 0 saturated carbocycles. The van der Waals surface area contributed by atoms with Gasteiger partial charge in [0.05, 0.1) is 0 Å². The third-order valence-corrected chi connectivity index (χ3v) is 1.48. The predicted molar refractivity (Wildman–Crippen MR) is 39.1 cm³/mol. The van der Waals surface area contributed by atoms with E-state index >= 15 is 0 Å². The summed E-state index contributed by atoms with van der Waals surface area (Å²) in [6, 6.07) is 0. The molecular weight excluding hydrogens is 170 g/mol. The molecule has 0 bridgehead atoms. The van der Waals surface area contributed by atoms with Gasteiger partial charge in [-0.2, -0.15) is 0 Å². The van der Waals surface area contributed by atoms with Crippen LogP contribution in [0.4, 0.5) is 4.39 Å². The van der Waals surface area contributed by atoms with Gasteiger partial charge in [-0.1, -0.05) is 0 Å². The SMILES string of the molecule is O=S(O)C(F)CCCO.[NaH]. The van der Waals surface area contributed by atoms with Crippen LogP contribution in [0.15, 0.2) is 0 Å². The van der Waals surface area contributed by atoms with Crippen LogP contribution in [0.1, 0.15) is 12.8 Å². The molecule has 58 valence electrons. The van der Waals surface area contributed by atoms with E-state index < -0.39 is 16.6 Å². The van der Waals surface area contributed by atoms with Crippen molar-refractivity contribution in [2.24, 2.45) is 0 Å². The summed E-state index contributed by atoms with van der Waals surface area (Å²) in [5.74, 6) is 0. The van der Waals surface area contributed by atoms with Crippen molar-refractivity contribution in [1.82, 2.24) is 0 Å². The van der Waals surface area contributed by atoms with Crippen LogP contribution in [0, 0.1) is 0 Å². The maximum atomic E-state index is 12.1. The van der Waals surface area contributed by atoms with Crippen molar-refractivity contribution in [2.45, 2.75) is 18.3 Å². The van der Waals surface area contributed by atoms with Crippen LogP contribution in [0.3, 0.4) is 0 Å². The van der Waals surface area contributed by atoms with Gasteiger partial charge in [-0.15, -0.1) is 0 Å². The molecule has 0 aliphatic rings. The van der Waals surface area contributed by atoms with Gasteiger partial charge in [-0.25, -0.2) is 8.60 Å². The van der Waals surface area contributed by atoms with E-state index in [0.29, 0.717) is 0 Å². The topological polar surface area (TPSA) is 57.5 Å². The van der Waals surface area contributed by atoms with Crippen molar-refractivity contribution in [1.29, 1.82) is 0 Å². The van der Waals surface area contributed by atoms with Crippen molar-refractivity contribution in [3.63, 3.8) is 0 Å². The summed E-state index contributed by atoms with van der Waals surface area (Å²) in [6.45, 7) is -0.141. The Balaban J connectivity index is 0. The van der Waals surface area contributed by atoms with Gasteiger partial charge in [0.1, 0.15) is 0 Å². The summed E-state index contributed by atoms with van der Waals surface area (Å²) >= 11 is -2.39. The Morgan fingerprint density at radius 3 is 2.40 bits per heavy atom. The van der Waals surface area contributed by atoms with Gasteiger partial charge in [0, 0.05) is 6.61 Å². The summed E-state index contributed by atoms with van der Waals surface area (Å²) in [6.07, 6.45) is 0.174. The van der Waals surface area contributed by atoms with E-state index in [1.165, 1.54) is 0 Å². The molecule has 10 heavy (non-hydrogen) atoms. The zero-order valence-corrected chi connectivity index (χ0v) is 5.60. The van der Waals surface area contributed by atoms with Crippen LogP contribution < -0.4 is 0 Å². The second-order valence-electron chi connectivity index (χ2n) is 1.55. The normalized spacial score (nSPS) is 15.5. The number of rotatable bonds is 4. The van der Waals surface area contributed by atoms with Gasteiger partial charge >= 0.3 is 29.6 Å². The second-order valence-corrected chi connectivity index (χ2v) is 2.62. The number of alkyl halides is 1.